The molecule has 4 heteroatoms. The highest BCUT2D eigenvalue weighted by molar-refractivity contribution is 9.10. The van der Waals surface area contributed by atoms with Gasteiger partial charge in [0.15, 0.2) is 0 Å². The number of carbonyl (C=O) groups is 1. The number of hydrogen-bond acceptors (Lipinski definition) is 1. The van der Waals surface area contributed by atoms with Crippen LogP contribution < -0.4 is 0 Å². The Balaban J connectivity index is 2.11. The van der Waals surface area contributed by atoms with Gasteiger partial charge in [0.25, 0.3) is 5.91 Å². The van der Waals surface area contributed by atoms with E-state index < -0.39 is 5.82 Å². The van der Waals surface area contributed by atoms with Gasteiger partial charge in [-0.2, -0.15) is 0 Å². The number of carbonyl (C=O) groups excluding carboxylic acids is 1. The smallest absolute Gasteiger partial charge is 0.256 e. The first kappa shape index (κ1) is 14.5. The molecule has 0 saturated carbocycles. The van der Waals surface area contributed by atoms with Crippen LogP contribution in [0.15, 0.2) is 22.7 Å². The second-order valence-electron chi connectivity index (χ2n) is 5.58. The fourth-order valence-corrected chi connectivity index (χ4v) is 2.80. The van der Waals surface area contributed by atoms with Crippen LogP contribution in [0.5, 0.6) is 0 Å². The molecule has 19 heavy (non-hydrogen) atoms. The summed E-state index contributed by atoms with van der Waals surface area (Å²) < 4.78 is 14.5. The molecule has 1 saturated heterocycles. The number of likely N-dealkylation sites (tertiary alicyclic amines) is 1. The molecule has 0 bridgehead atoms. The van der Waals surface area contributed by atoms with Gasteiger partial charge < -0.3 is 4.90 Å². The Bertz CT molecular complexity index is 481. The van der Waals surface area contributed by atoms with Gasteiger partial charge in [-0.05, 0) is 36.5 Å². The molecule has 1 amide bonds. The first-order valence-corrected chi connectivity index (χ1v) is 7.49. The standard InChI is InChI=1S/C15H19BrFNO/c1-3-15(2)6-8-18(9-7-15)14(19)12-10-11(16)4-5-13(12)17/h4-5,10H,3,6-9H2,1-2H3. The quantitative estimate of drug-likeness (QED) is 0.795. The van der Waals surface area contributed by atoms with Crippen molar-refractivity contribution in [1.29, 1.82) is 0 Å². The van der Waals surface area contributed by atoms with E-state index in [4.69, 9.17) is 0 Å². The van der Waals surface area contributed by atoms with Gasteiger partial charge in [-0.25, -0.2) is 4.39 Å². The van der Waals surface area contributed by atoms with Crippen molar-refractivity contribution in [3.8, 4) is 0 Å². The lowest BCUT2D eigenvalue weighted by atomic mass is 9.78. The predicted molar refractivity (Wildman–Crippen MR) is 77.6 cm³/mol. The number of halogens is 2. The number of nitrogens with zero attached hydrogens (tertiary/aromatic N) is 1. The fraction of sp³-hybridized carbons (Fsp3) is 0.533. The van der Waals surface area contributed by atoms with E-state index in [1.165, 1.54) is 6.07 Å². The molecular formula is C15H19BrFNO. The molecule has 0 aromatic heterocycles. The zero-order valence-electron chi connectivity index (χ0n) is 11.4. The summed E-state index contributed by atoms with van der Waals surface area (Å²) in [6, 6.07) is 4.50. The number of benzene rings is 1. The highest BCUT2D eigenvalue weighted by atomic mass is 79.9. The van der Waals surface area contributed by atoms with E-state index >= 15 is 0 Å². The van der Waals surface area contributed by atoms with E-state index in [1.807, 2.05) is 0 Å². The molecule has 0 N–H and O–H groups in total. The second kappa shape index (κ2) is 5.61. The Morgan fingerprint density at radius 1 is 1.42 bits per heavy atom. The molecule has 1 aromatic carbocycles. The zero-order valence-corrected chi connectivity index (χ0v) is 13.0. The highest BCUT2D eigenvalue weighted by Gasteiger charge is 2.31. The number of amides is 1. The minimum atomic E-state index is -0.447. The number of rotatable bonds is 2. The van der Waals surface area contributed by atoms with Crippen LogP contribution in [0, 0.1) is 11.2 Å². The Kier molecular flexibility index (Phi) is 4.29. The summed E-state index contributed by atoms with van der Waals surface area (Å²) in [5, 5.41) is 0. The van der Waals surface area contributed by atoms with Crippen LogP contribution in [-0.2, 0) is 0 Å². The van der Waals surface area contributed by atoms with Crippen molar-refractivity contribution in [2.24, 2.45) is 5.41 Å². The summed E-state index contributed by atoms with van der Waals surface area (Å²) in [6.07, 6.45) is 3.11. The summed E-state index contributed by atoms with van der Waals surface area (Å²) in [4.78, 5) is 14.1. The van der Waals surface area contributed by atoms with Crippen LogP contribution in [0.1, 0.15) is 43.5 Å². The van der Waals surface area contributed by atoms with E-state index in [9.17, 15) is 9.18 Å². The number of piperidine rings is 1. The van der Waals surface area contributed by atoms with Crippen LogP contribution in [0.3, 0.4) is 0 Å². The molecule has 1 aromatic rings. The fourth-order valence-electron chi connectivity index (χ4n) is 2.43. The second-order valence-corrected chi connectivity index (χ2v) is 6.50. The lowest BCUT2D eigenvalue weighted by molar-refractivity contribution is 0.0596. The van der Waals surface area contributed by atoms with E-state index in [0.717, 1.165) is 36.8 Å². The third-order valence-electron chi connectivity index (χ3n) is 4.27. The monoisotopic (exact) mass is 327 g/mol. The van der Waals surface area contributed by atoms with Crippen LogP contribution in [0.25, 0.3) is 0 Å². The maximum absolute atomic E-state index is 13.7. The minimum absolute atomic E-state index is 0.162. The molecule has 0 aliphatic carbocycles. The Labute approximate surface area is 122 Å². The van der Waals surface area contributed by atoms with Crippen LogP contribution in [0.2, 0.25) is 0 Å². The normalized spacial score (nSPS) is 18.4. The summed E-state index contributed by atoms with van der Waals surface area (Å²) in [5.41, 5.74) is 0.488. The Morgan fingerprint density at radius 2 is 2.05 bits per heavy atom. The van der Waals surface area contributed by atoms with Crippen LogP contribution in [-0.4, -0.2) is 23.9 Å². The van der Waals surface area contributed by atoms with Gasteiger partial charge in [0.1, 0.15) is 5.82 Å². The van der Waals surface area contributed by atoms with Crippen LogP contribution >= 0.6 is 15.9 Å². The molecular weight excluding hydrogens is 309 g/mol. The van der Waals surface area contributed by atoms with Gasteiger partial charge in [-0.15, -0.1) is 0 Å². The average Bonchev–Trinajstić information content (AvgIpc) is 2.42. The maximum Gasteiger partial charge on any atom is 0.256 e. The van der Waals surface area contributed by atoms with Crippen molar-refractivity contribution in [2.45, 2.75) is 33.1 Å². The highest BCUT2D eigenvalue weighted by Crippen LogP contribution is 2.34. The number of hydrogen-bond donors (Lipinski definition) is 0. The molecule has 1 fully saturated rings. The lowest BCUT2D eigenvalue weighted by Gasteiger charge is -2.39. The summed E-state index contributed by atoms with van der Waals surface area (Å²) in [7, 11) is 0. The van der Waals surface area contributed by atoms with Gasteiger partial charge in [-0.1, -0.05) is 36.2 Å². The van der Waals surface area contributed by atoms with Crippen molar-refractivity contribution in [1.82, 2.24) is 4.90 Å². The van der Waals surface area contributed by atoms with Gasteiger partial charge in [0.05, 0.1) is 5.56 Å². The van der Waals surface area contributed by atoms with Gasteiger partial charge in [-0.3, -0.25) is 4.79 Å². The zero-order chi connectivity index (χ0) is 14.0. The molecule has 0 spiro atoms. The van der Waals surface area contributed by atoms with E-state index in [-0.39, 0.29) is 11.5 Å². The summed E-state index contributed by atoms with van der Waals surface area (Å²) in [6.45, 7) is 5.88. The van der Waals surface area contributed by atoms with E-state index in [1.54, 1.807) is 17.0 Å². The molecule has 1 heterocycles. The Hall–Kier alpha value is -0.900. The third-order valence-corrected chi connectivity index (χ3v) is 4.76. The van der Waals surface area contributed by atoms with Gasteiger partial charge >= 0.3 is 0 Å². The minimum Gasteiger partial charge on any atom is -0.339 e. The lowest BCUT2D eigenvalue weighted by Crippen LogP contribution is -2.42. The molecule has 1 aliphatic rings. The van der Waals surface area contributed by atoms with Crippen molar-refractivity contribution < 1.29 is 9.18 Å². The molecule has 0 radical (unpaired) electrons. The topological polar surface area (TPSA) is 20.3 Å². The summed E-state index contributed by atoms with van der Waals surface area (Å²) in [5.74, 6) is -0.644. The molecule has 0 unspecified atom stereocenters. The first-order valence-electron chi connectivity index (χ1n) is 6.69. The van der Waals surface area contributed by atoms with Crippen molar-refractivity contribution in [3.05, 3.63) is 34.1 Å². The molecule has 104 valence electrons. The molecule has 2 rings (SSSR count). The van der Waals surface area contributed by atoms with Crippen molar-refractivity contribution >= 4 is 21.8 Å². The van der Waals surface area contributed by atoms with Gasteiger partial charge in [0.2, 0.25) is 0 Å². The maximum atomic E-state index is 13.7. The predicted octanol–water partition coefficient (Wildman–Crippen LogP) is 4.24. The summed E-state index contributed by atoms with van der Waals surface area (Å²) >= 11 is 3.28. The van der Waals surface area contributed by atoms with E-state index in [2.05, 4.69) is 29.8 Å². The third kappa shape index (κ3) is 3.16. The van der Waals surface area contributed by atoms with Gasteiger partial charge in [0, 0.05) is 17.6 Å². The van der Waals surface area contributed by atoms with E-state index in [0.29, 0.717) is 5.41 Å². The van der Waals surface area contributed by atoms with Crippen molar-refractivity contribution in [2.75, 3.05) is 13.1 Å². The SMILES string of the molecule is CCC1(C)CCN(C(=O)c2cc(Br)ccc2F)CC1. The van der Waals surface area contributed by atoms with Crippen molar-refractivity contribution in [3.63, 3.8) is 0 Å². The first-order chi connectivity index (χ1) is 8.95. The molecule has 2 nitrogen and oxygen atoms in total. The average molecular weight is 328 g/mol. The Morgan fingerprint density at radius 3 is 2.63 bits per heavy atom. The molecule has 1 aliphatic heterocycles. The van der Waals surface area contributed by atoms with Crippen LogP contribution in [0.4, 0.5) is 4.39 Å². The largest absolute Gasteiger partial charge is 0.339 e. The molecule has 0 atom stereocenters.